The highest BCUT2D eigenvalue weighted by atomic mass is 16.2. The number of aromatic nitrogens is 2. The lowest BCUT2D eigenvalue weighted by molar-refractivity contribution is 0.0732. The maximum Gasteiger partial charge on any atom is 0.254 e. The Hall–Kier alpha value is -2.43. The maximum atomic E-state index is 12.9. The second-order valence-electron chi connectivity index (χ2n) is 5.92. The fourth-order valence-electron chi connectivity index (χ4n) is 3.18. The largest absolute Gasteiger partial charge is 0.330 e. The standard InChI is InChI=1S/C18H21N3O2/c1-2-6-14-11-13(12-17(22)20-14)18(23)21-10-5-8-16(21)15-7-3-4-9-19-15/h3-4,7,9,11-12,16H,2,5-6,8,10H2,1H3,(H,20,22). The molecule has 1 aliphatic rings. The number of nitrogens with one attached hydrogen (secondary N) is 1. The van der Waals surface area contributed by atoms with Crippen molar-refractivity contribution in [3.63, 3.8) is 0 Å². The summed E-state index contributed by atoms with van der Waals surface area (Å²) >= 11 is 0. The van der Waals surface area contributed by atoms with Crippen LogP contribution in [0, 0.1) is 0 Å². The molecule has 0 aliphatic carbocycles. The Bertz CT molecular complexity index is 739. The van der Waals surface area contributed by atoms with E-state index in [1.807, 2.05) is 30.0 Å². The summed E-state index contributed by atoms with van der Waals surface area (Å²) < 4.78 is 0. The minimum Gasteiger partial charge on any atom is -0.330 e. The molecule has 1 fully saturated rings. The molecule has 1 N–H and O–H groups in total. The minimum absolute atomic E-state index is 0.00221. The van der Waals surface area contributed by atoms with Gasteiger partial charge in [-0.05, 0) is 37.5 Å². The molecule has 1 saturated heterocycles. The van der Waals surface area contributed by atoms with Crippen LogP contribution in [0.5, 0.6) is 0 Å². The Labute approximate surface area is 135 Å². The van der Waals surface area contributed by atoms with E-state index in [2.05, 4.69) is 9.97 Å². The molecule has 1 amide bonds. The number of rotatable bonds is 4. The lowest BCUT2D eigenvalue weighted by atomic mass is 10.1. The van der Waals surface area contributed by atoms with Gasteiger partial charge in [-0.3, -0.25) is 14.6 Å². The second-order valence-corrected chi connectivity index (χ2v) is 5.92. The van der Waals surface area contributed by atoms with Crippen LogP contribution in [0.1, 0.15) is 54.0 Å². The fourth-order valence-corrected chi connectivity index (χ4v) is 3.18. The molecule has 1 atom stereocenters. The third-order valence-electron chi connectivity index (χ3n) is 4.21. The summed E-state index contributed by atoms with van der Waals surface area (Å²) in [7, 11) is 0. The Morgan fingerprint density at radius 3 is 3.00 bits per heavy atom. The summed E-state index contributed by atoms with van der Waals surface area (Å²) in [6.07, 6.45) is 5.31. The van der Waals surface area contributed by atoms with Crippen LogP contribution in [0.15, 0.2) is 41.3 Å². The van der Waals surface area contributed by atoms with Gasteiger partial charge in [0, 0.05) is 30.1 Å². The summed E-state index contributed by atoms with van der Waals surface area (Å²) in [5.74, 6) is -0.0818. The van der Waals surface area contributed by atoms with E-state index in [0.717, 1.165) is 37.1 Å². The Morgan fingerprint density at radius 2 is 2.26 bits per heavy atom. The van der Waals surface area contributed by atoms with Gasteiger partial charge >= 0.3 is 0 Å². The SMILES string of the molecule is CCCc1cc(C(=O)N2CCCC2c2ccccn2)cc(=O)[nH]1. The minimum atomic E-state index is -0.215. The lowest BCUT2D eigenvalue weighted by Gasteiger charge is -2.24. The van der Waals surface area contributed by atoms with Crippen molar-refractivity contribution in [2.24, 2.45) is 0 Å². The molecule has 0 radical (unpaired) electrons. The maximum absolute atomic E-state index is 12.9. The molecule has 0 aromatic carbocycles. The molecular formula is C18H21N3O2. The highest BCUT2D eigenvalue weighted by molar-refractivity contribution is 5.94. The first kappa shape index (κ1) is 15.5. The third kappa shape index (κ3) is 3.33. The molecule has 0 spiro atoms. The molecule has 1 unspecified atom stereocenters. The molecular weight excluding hydrogens is 290 g/mol. The van der Waals surface area contributed by atoms with Crippen molar-refractivity contribution >= 4 is 5.91 Å². The summed E-state index contributed by atoms with van der Waals surface area (Å²) in [6.45, 7) is 2.75. The number of nitrogens with zero attached hydrogens (tertiary/aromatic N) is 2. The van der Waals surface area contributed by atoms with E-state index >= 15 is 0 Å². The summed E-state index contributed by atoms with van der Waals surface area (Å²) in [5, 5.41) is 0. The van der Waals surface area contributed by atoms with Crippen LogP contribution in [0.3, 0.4) is 0 Å². The van der Waals surface area contributed by atoms with Crippen LogP contribution >= 0.6 is 0 Å². The molecule has 120 valence electrons. The molecule has 0 bridgehead atoms. The van der Waals surface area contributed by atoms with Crippen LogP contribution < -0.4 is 5.56 Å². The number of carbonyl (C=O) groups excluding carboxylic acids is 1. The van der Waals surface area contributed by atoms with Crippen molar-refractivity contribution in [3.05, 3.63) is 63.8 Å². The van der Waals surface area contributed by atoms with Crippen molar-refractivity contribution in [1.29, 1.82) is 0 Å². The highest BCUT2D eigenvalue weighted by Crippen LogP contribution is 2.31. The lowest BCUT2D eigenvalue weighted by Crippen LogP contribution is -2.32. The number of H-pyrrole nitrogens is 1. The molecule has 1 aliphatic heterocycles. The quantitative estimate of drug-likeness (QED) is 0.944. The zero-order chi connectivity index (χ0) is 16.2. The van der Waals surface area contributed by atoms with Crippen LogP contribution in [-0.2, 0) is 6.42 Å². The van der Waals surface area contributed by atoms with Crippen molar-refractivity contribution in [2.45, 2.75) is 38.6 Å². The van der Waals surface area contributed by atoms with Crippen LogP contribution in [-0.4, -0.2) is 27.3 Å². The molecule has 23 heavy (non-hydrogen) atoms. The van der Waals surface area contributed by atoms with Gasteiger partial charge in [-0.1, -0.05) is 19.4 Å². The van der Waals surface area contributed by atoms with Gasteiger partial charge in [0.1, 0.15) is 0 Å². The molecule has 3 heterocycles. The van der Waals surface area contributed by atoms with Crippen LogP contribution in [0.2, 0.25) is 0 Å². The van der Waals surface area contributed by atoms with E-state index in [1.54, 1.807) is 12.3 Å². The predicted molar refractivity (Wildman–Crippen MR) is 88.3 cm³/mol. The van der Waals surface area contributed by atoms with E-state index in [0.29, 0.717) is 12.1 Å². The van der Waals surface area contributed by atoms with Gasteiger partial charge in [-0.25, -0.2) is 0 Å². The van der Waals surface area contributed by atoms with Crippen molar-refractivity contribution in [3.8, 4) is 0 Å². The van der Waals surface area contributed by atoms with Gasteiger partial charge in [0.25, 0.3) is 5.91 Å². The van der Waals surface area contributed by atoms with Gasteiger partial charge < -0.3 is 9.88 Å². The van der Waals surface area contributed by atoms with Crippen molar-refractivity contribution in [2.75, 3.05) is 6.54 Å². The molecule has 3 rings (SSSR count). The number of amides is 1. The molecule has 5 heteroatoms. The average molecular weight is 311 g/mol. The fraction of sp³-hybridized carbons (Fsp3) is 0.389. The summed E-state index contributed by atoms with van der Waals surface area (Å²) in [6, 6.07) is 8.97. The number of hydrogen-bond acceptors (Lipinski definition) is 3. The monoisotopic (exact) mass is 311 g/mol. The van der Waals surface area contributed by atoms with Gasteiger partial charge in [0.15, 0.2) is 0 Å². The average Bonchev–Trinajstić information content (AvgIpc) is 3.04. The first-order valence-electron chi connectivity index (χ1n) is 8.14. The van der Waals surface area contributed by atoms with Gasteiger partial charge in [0.05, 0.1) is 11.7 Å². The number of aryl methyl sites for hydroxylation is 1. The van der Waals surface area contributed by atoms with E-state index < -0.39 is 0 Å². The smallest absolute Gasteiger partial charge is 0.254 e. The molecule has 5 nitrogen and oxygen atoms in total. The number of carbonyl (C=O) groups is 1. The van der Waals surface area contributed by atoms with E-state index in [9.17, 15) is 9.59 Å². The molecule has 2 aromatic rings. The second kappa shape index (κ2) is 6.77. The predicted octanol–water partition coefficient (Wildman–Crippen LogP) is 2.70. The summed E-state index contributed by atoms with van der Waals surface area (Å²) in [4.78, 5) is 33.7. The van der Waals surface area contributed by atoms with E-state index in [4.69, 9.17) is 0 Å². The first-order valence-corrected chi connectivity index (χ1v) is 8.14. The Kier molecular flexibility index (Phi) is 4.55. The number of pyridine rings is 2. The first-order chi connectivity index (χ1) is 11.2. The number of aromatic amines is 1. The normalized spacial score (nSPS) is 17.4. The number of hydrogen-bond donors (Lipinski definition) is 1. The van der Waals surface area contributed by atoms with Gasteiger partial charge in [-0.15, -0.1) is 0 Å². The zero-order valence-electron chi connectivity index (χ0n) is 13.3. The van der Waals surface area contributed by atoms with Crippen LogP contribution in [0.4, 0.5) is 0 Å². The van der Waals surface area contributed by atoms with Crippen LogP contribution in [0.25, 0.3) is 0 Å². The summed E-state index contributed by atoms with van der Waals surface area (Å²) in [5.41, 5.74) is 1.99. The Balaban J connectivity index is 1.89. The van der Waals surface area contributed by atoms with Crippen molar-refractivity contribution in [1.82, 2.24) is 14.9 Å². The Morgan fingerprint density at radius 1 is 1.39 bits per heavy atom. The topological polar surface area (TPSA) is 66.1 Å². The van der Waals surface area contributed by atoms with Gasteiger partial charge in [-0.2, -0.15) is 0 Å². The zero-order valence-corrected chi connectivity index (χ0v) is 13.3. The highest BCUT2D eigenvalue weighted by Gasteiger charge is 2.31. The van der Waals surface area contributed by atoms with E-state index in [-0.39, 0.29) is 17.5 Å². The van der Waals surface area contributed by atoms with Crippen molar-refractivity contribution < 1.29 is 4.79 Å². The molecule has 0 saturated carbocycles. The van der Waals surface area contributed by atoms with E-state index in [1.165, 1.54) is 6.07 Å². The van der Waals surface area contributed by atoms with Gasteiger partial charge in [0.2, 0.25) is 5.56 Å². The third-order valence-corrected chi connectivity index (χ3v) is 4.21. The molecule has 2 aromatic heterocycles. The number of likely N-dealkylation sites (tertiary alicyclic amines) is 1.